The van der Waals surface area contributed by atoms with Gasteiger partial charge in [-0.1, -0.05) is 206 Å². The molecule has 0 saturated carbocycles. The van der Waals surface area contributed by atoms with Gasteiger partial charge in [0.15, 0.2) is 5.58 Å². The SMILES string of the molecule is c1ccc(-c2ccccc2-c2c(-c3ccccc3)cccc2-c2ccccc2N(c2cccc(-c3cccc4ccccc34)c2)c2cccc3c2oc2ccccc23)cc1. The Hall–Kier alpha value is -7.94. The molecule has 0 N–H and O–H groups in total. The number of rotatable bonds is 8. The van der Waals surface area contributed by atoms with Crippen LogP contribution in [0.3, 0.4) is 0 Å². The van der Waals surface area contributed by atoms with Crippen LogP contribution in [-0.4, -0.2) is 0 Å². The van der Waals surface area contributed by atoms with Gasteiger partial charge in [-0.05, 0) is 91.2 Å². The second kappa shape index (κ2) is 15.1. The average Bonchev–Trinajstić information content (AvgIpc) is 3.72. The van der Waals surface area contributed by atoms with Gasteiger partial charge in [-0.2, -0.15) is 0 Å². The van der Waals surface area contributed by atoms with Gasteiger partial charge >= 0.3 is 0 Å². The van der Waals surface area contributed by atoms with Crippen LogP contribution in [0.4, 0.5) is 17.1 Å². The molecule has 0 aliphatic carbocycles. The summed E-state index contributed by atoms with van der Waals surface area (Å²) in [6.07, 6.45) is 0. The van der Waals surface area contributed by atoms with E-state index in [1.165, 1.54) is 49.7 Å². The summed E-state index contributed by atoms with van der Waals surface area (Å²) >= 11 is 0. The fourth-order valence-electron chi connectivity index (χ4n) is 9.00. The molecule has 0 radical (unpaired) electrons. The first-order valence-electron chi connectivity index (χ1n) is 20.5. The number of para-hydroxylation sites is 3. The molecule has 0 aliphatic heterocycles. The Balaban J connectivity index is 1.20. The van der Waals surface area contributed by atoms with E-state index < -0.39 is 0 Å². The lowest BCUT2D eigenvalue weighted by molar-refractivity contribution is 0.669. The molecule has 0 saturated heterocycles. The number of hydrogen-bond acceptors (Lipinski definition) is 2. The molecule has 0 amide bonds. The molecule has 1 heterocycles. The lowest BCUT2D eigenvalue weighted by Gasteiger charge is -2.29. The second-order valence-electron chi connectivity index (χ2n) is 15.2. The molecule has 60 heavy (non-hydrogen) atoms. The van der Waals surface area contributed by atoms with Crippen molar-refractivity contribution in [3.05, 3.63) is 237 Å². The van der Waals surface area contributed by atoms with Crippen LogP contribution in [0, 0.1) is 0 Å². The van der Waals surface area contributed by atoms with E-state index in [2.05, 4.69) is 235 Å². The van der Waals surface area contributed by atoms with Crippen LogP contribution in [0.1, 0.15) is 0 Å². The van der Waals surface area contributed by atoms with Crippen molar-refractivity contribution in [2.75, 3.05) is 4.90 Å². The highest BCUT2D eigenvalue weighted by molar-refractivity contribution is 6.11. The Bertz CT molecular complexity index is 3320. The first kappa shape index (κ1) is 35.2. The van der Waals surface area contributed by atoms with Crippen LogP contribution in [0.5, 0.6) is 0 Å². The van der Waals surface area contributed by atoms with E-state index in [0.29, 0.717) is 0 Å². The minimum atomic E-state index is 0.844. The summed E-state index contributed by atoms with van der Waals surface area (Å²) in [5.74, 6) is 0. The van der Waals surface area contributed by atoms with Gasteiger partial charge in [-0.3, -0.25) is 0 Å². The predicted molar refractivity (Wildman–Crippen MR) is 253 cm³/mol. The first-order valence-corrected chi connectivity index (χ1v) is 20.5. The lowest BCUT2D eigenvalue weighted by atomic mass is 9.84. The van der Waals surface area contributed by atoms with E-state index in [1.807, 2.05) is 6.07 Å². The van der Waals surface area contributed by atoms with Gasteiger partial charge in [-0.15, -0.1) is 0 Å². The Morgan fingerprint density at radius 3 is 1.65 bits per heavy atom. The third kappa shape index (κ3) is 6.14. The first-order chi connectivity index (χ1) is 29.8. The average molecular weight is 766 g/mol. The minimum Gasteiger partial charge on any atom is -0.454 e. The zero-order chi connectivity index (χ0) is 39.8. The van der Waals surface area contributed by atoms with E-state index in [1.54, 1.807) is 0 Å². The Morgan fingerprint density at radius 2 is 0.817 bits per heavy atom. The summed E-state index contributed by atoms with van der Waals surface area (Å²) in [6, 6.07) is 84.9. The number of anilines is 3. The van der Waals surface area contributed by atoms with Gasteiger partial charge in [0.05, 0.1) is 11.4 Å². The summed E-state index contributed by atoms with van der Waals surface area (Å²) in [4.78, 5) is 2.40. The molecular formula is C58H39NO. The molecule has 2 heteroatoms. The van der Waals surface area contributed by atoms with Crippen molar-refractivity contribution in [1.82, 2.24) is 0 Å². The summed E-state index contributed by atoms with van der Waals surface area (Å²) < 4.78 is 6.82. The van der Waals surface area contributed by atoms with Crippen LogP contribution < -0.4 is 4.90 Å². The van der Waals surface area contributed by atoms with Crippen LogP contribution in [0.2, 0.25) is 0 Å². The van der Waals surface area contributed by atoms with Crippen molar-refractivity contribution in [2.45, 2.75) is 0 Å². The normalized spacial score (nSPS) is 11.3. The standard InChI is InChI=1S/C58H39NO/c1-3-19-40(20-4-1)46-28-9-10-31-51(46)57-48(42-21-5-2-6-22-42)33-17-34-52(57)49-29-11-13-36-54(49)59(55-37-18-35-53-50-30-12-14-38-56(50)60-58(53)55)44-26-15-25-43(39-44)47-32-16-24-41-23-7-8-27-45(41)47/h1-39H. The van der Waals surface area contributed by atoms with Gasteiger partial charge in [0.1, 0.15) is 5.58 Å². The molecule has 11 rings (SSSR count). The van der Waals surface area contributed by atoms with E-state index in [0.717, 1.165) is 55.7 Å². The molecule has 0 aliphatic rings. The number of nitrogens with zero attached hydrogens (tertiary/aromatic N) is 1. The van der Waals surface area contributed by atoms with Gasteiger partial charge in [-0.25, -0.2) is 0 Å². The fourth-order valence-corrected chi connectivity index (χ4v) is 9.00. The molecule has 0 unspecified atom stereocenters. The van der Waals surface area contributed by atoms with Gasteiger partial charge in [0, 0.05) is 22.0 Å². The zero-order valence-corrected chi connectivity index (χ0v) is 32.9. The molecule has 0 spiro atoms. The van der Waals surface area contributed by atoms with Crippen molar-refractivity contribution in [3.63, 3.8) is 0 Å². The van der Waals surface area contributed by atoms with E-state index >= 15 is 0 Å². The Kier molecular flexibility index (Phi) is 8.87. The highest BCUT2D eigenvalue weighted by Crippen LogP contribution is 2.50. The van der Waals surface area contributed by atoms with E-state index in [9.17, 15) is 0 Å². The number of benzene rings is 10. The summed E-state index contributed by atoms with van der Waals surface area (Å²) in [5, 5.41) is 4.63. The van der Waals surface area contributed by atoms with Crippen LogP contribution in [0.25, 0.3) is 88.3 Å². The fraction of sp³-hybridized carbons (Fsp3) is 0. The van der Waals surface area contributed by atoms with Gasteiger partial charge in [0.25, 0.3) is 0 Å². The third-order valence-electron chi connectivity index (χ3n) is 11.7. The van der Waals surface area contributed by atoms with Gasteiger partial charge < -0.3 is 9.32 Å². The smallest absolute Gasteiger partial charge is 0.159 e. The van der Waals surface area contributed by atoms with E-state index in [-0.39, 0.29) is 0 Å². The molecule has 0 atom stereocenters. The topological polar surface area (TPSA) is 16.4 Å². The molecule has 282 valence electrons. The van der Waals surface area contributed by atoms with Crippen LogP contribution in [-0.2, 0) is 0 Å². The summed E-state index contributed by atoms with van der Waals surface area (Å²) in [6.45, 7) is 0. The predicted octanol–water partition coefficient (Wildman–Crippen LogP) is 16.5. The quantitative estimate of drug-likeness (QED) is 0.153. The maximum Gasteiger partial charge on any atom is 0.159 e. The van der Waals surface area contributed by atoms with E-state index in [4.69, 9.17) is 4.42 Å². The molecule has 2 nitrogen and oxygen atoms in total. The Morgan fingerprint density at radius 1 is 0.300 bits per heavy atom. The molecule has 10 aromatic carbocycles. The molecule has 0 fully saturated rings. The van der Waals surface area contributed by atoms with Crippen LogP contribution in [0.15, 0.2) is 241 Å². The van der Waals surface area contributed by atoms with Crippen molar-refractivity contribution >= 4 is 49.8 Å². The second-order valence-corrected chi connectivity index (χ2v) is 15.2. The van der Waals surface area contributed by atoms with Gasteiger partial charge in [0.2, 0.25) is 0 Å². The number of hydrogen-bond donors (Lipinski definition) is 0. The monoisotopic (exact) mass is 765 g/mol. The highest BCUT2D eigenvalue weighted by Gasteiger charge is 2.25. The third-order valence-corrected chi connectivity index (χ3v) is 11.7. The van der Waals surface area contributed by atoms with Crippen molar-refractivity contribution in [3.8, 4) is 55.6 Å². The summed E-state index contributed by atoms with van der Waals surface area (Å²) in [5.41, 5.74) is 16.4. The Labute approximate surface area is 349 Å². The minimum absolute atomic E-state index is 0.844. The molecule has 11 aromatic rings. The van der Waals surface area contributed by atoms with Crippen LogP contribution >= 0.6 is 0 Å². The highest BCUT2D eigenvalue weighted by atomic mass is 16.3. The lowest BCUT2D eigenvalue weighted by Crippen LogP contribution is -2.12. The molecular weight excluding hydrogens is 727 g/mol. The molecule has 0 bridgehead atoms. The largest absolute Gasteiger partial charge is 0.454 e. The zero-order valence-electron chi connectivity index (χ0n) is 32.9. The van der Waals surface area contributed by atoms with Crippen molar-refractivity contribution in [2.24, 2.45) is 0 Å². The maximum atomic E-state index is 6.82. The maximum absolute atomic E-state index is 6.82. The van der Waals surface area contributed by atoms with Crippen molar-refractivity contribution in [1.29, 1.82) is 0 Å². The summed E-state index contributed by atoms with van der Waals surface area (Å²) in [7, 11) is 0. The number of furan rings is 1. The number of fused-ring (bicyclic) bond motifs is 4. The van der Waals surface area contributed by atoms with Crippen molar-refractivity contribution < 1.29 is 4.42 Å². The molecule has 1 aromatic heterocycles.